The number of aromatic nitrogens is 5. The summed E-state index contributed by atoms with van der Waals surface area (Å²) >= 11 is 6.18. The molecule has 6 rings (SSSR count). The number of Topliss-reactive ketones (excluding diaryl/α,β-unsaturated/α-hetero) is 1. The van der Waals surface area contributed by atoms with Gasteiger partial charge in [-0.2, -0.15) is 9.41 Å². The SMILES string of the molecule is O=C(c1ccc(NC(=O)C2(F)CC(F)c3cc(-c4cc(Cl)ccc4-n4cnnn4)c[n+]([O-])c32)cc1)C(O)c1ccccc1. The molecule has 0 spiro atoms. The molecule has 2 N–H and O–H groups in total. The van der Waals surface area contributed by atoms with Gasteiger partial charge in [-0.1, -0.05) is 41.9 Å². The van der Waals surface area contributed by atoms with E-state index >= 15 is 8.78 Å². The van der Waals surface area contributed by atoms with Crippen LogP contribution in [-0.4, -0.2) is 37.0 Å². The van der Waals surface area contributed by atoms with Gasteiger partial charge in [0.15, 0.2) is 12.0 Å². The number of carbonyl (C=O) groups excluding carboxylic acids is 2. The fourth-order valence-electron chi connectivity index (χ4n) is 5.14. The Bertz CT molecular complexity index is 1840. The van der Waals surface area contributed by atoms with E-state index in [1.165, 1.54) is 47.4 Å². The van der Waals surface area contributed by atoms with Crippen LogP contribution < -0.4 is 10.0 Å². The fourth-order valence-corrected chi connectivity index (χ4v) is 5.31. The fraction of sp³-hybridized carbons (Fsp3) is 0.133. The van der Waals surface area contributed by atoms with Crippen LogP contribution in [0.1, 0.15) is 45.9 Å². The number of amides is 1. The van der Waals surface area contributed by atoms with Gasteiger partial charge in [0, 0.05) is 33.8 Å². The van der Waals surface area contributed by atoms with Crippen LogP contribution in [0.4, 0.5) is 14.5 Å². The van der Waals surface area contributed by atoms with Crippen LogP contribution in [0.5, 0.6) is 0 Å². The maximum Gasteiger partial charge on any atom is 0.276 e. The Labute approximate surface area is 247 Å². The smallest absolute Gasteiger partial charge is 0.276 e. The van der Waals surface area contributed by atoms with Crippen molar-refractivity contribution in [2.75, 3.05) is 5.32 Å². The largest absolute Gasteiger partial charge is 0.618 e. The number of benzene rings is 3. The van der Waals surface area contributed by atoms with Gasteiger partial charge < -0.3 is 15.6 Å². The maximum absolute atomic E-state index is 16.3. The molecule has 0 saturated heterocycles. The Kier molecular flexibility index (Phi) is 7.16. The highest BCUT2D eigenvalue weighted by atomic mass is 35.5. The van der Waals surface area contributed by atoms with Crippen molar-refractivity contribution in [3.8, 4) is 16.8 Å². The van der Waals surface area contributed by atoms with Gasteiger partial charge >= 0.3 is 0 Å². The zero-order valence-corrected chi connectivity index (χ0v) is 22.8. The molecule has 2 aromatic heterocycles. The van der Waals surface area contributed by atoms with Gasteiger partial charge in [-0.05, 0) is 64.5 Å². The molecule has 1 amide bonds. The lowest BCUT2D eigenvalue weighted by molar-refractivity contribution is -0.618. The van der Waals surface area contributed by atoms with Crippen molar-refractivity contribution in [1.29, 1.82) is 0 Å². The number of nitrogens with zero attached hydrogens (tertiary/aromatic N) is 5. The minimum absolute atomic E-state index is 0.107. The molecule has 0 saturated carbocycles. The number of tetrazole rings is 1. The van der Waals surface area contributed by atoms with Crippen molar-refractivity contribution in [2.24, 2.45) is 0 Å². The molecule has 1 aliphatic carbocycles. The molecule has 216 valence electrons. The lowest BCUT2D eigenvalue weighted by Gasteiger charge is -2.19. The number of hydrogen-bond acceptors (Lipinski definition) is 7. The highest BCUT2D eigenvalue weighted by Gasteiger charge is 2.57. The second-order valence-electron chi connectivity index (χ2n) is 9.96. The third kappa shape index (κ3) is 5.11. The van der Waals surface area contributed by atoms with E-state index in [0.717, 1.165) is 6.20 Å². The van der Waals surface area contributed by atoms with E-state index in [1.807, 2.05) is 0 Å². The number of pyridine rings is 1. The molecular formula is C30H21ClF2N6O4. The standard InChI is InChI=1S/C30H21ClF2N6O4/c31-20-8-11-25(38-16-34-36-37-38)22(13-20)19-12-23-24(32)14-30(33,28(23)39(43)15-19)29(42)35-21-9-6-18(7-10-21)27(41)26(40)17-4-2-1-3-5-17/h1-13,15-16,24,26,40H,14H2,(H,35,42). The van der Waals surface area contributed by atoms with Crippen LogP contribution in [0.25, 0.3) is 16.8 Å². The molecule has 2 heterocycles. The number of aliphatic hydroxyl groups is 1. The first-order valence-electron chi connectivity index (χ1n) is 13.0. The van der Waals surface area contributed by atoms with Gasteiger partial charge in [0.05, 0.1) is 11.3 Å². The summed E-state index contributed by atoms with van der Waals surface area (Å²) < 4.78 is 33.1. The number of alkyl halides is 2. The Morgan fingerprint density at radius 1 is 1.12 bits per heavy atom. The maximum atomic E-state index is 16.3. The third-order valence-corrected chi connectivity index (χ3v) is 7.49. The van der Waals surface area contributed by atoms with Crippen LogP contribution in [-0.2, 0) is 10.5 Å². The first-order valence-corrected chi connectivity index (χ1v) is 13.4. The number of fused-ring (bicyclic) bond motifs is 1. The minimum atomic E-state index is -2.99. The zero-order valence-electron chi connectivity index (χ0n) is 22.1. The Balaban J connectivity index is 1.26. The summed E-state index contributed by atoms with van der Waals surface area (Å²) in [5, 5.41) is 37.3. The predicted octanol–water partition coefficient (Wildman–Crippen LogP) is 4.75. The van der Waals surface area contributed by atoms with E-state index < -0.39 is 41.7 Å². The van der Waals surface area contributed by atoms with Crippen molar-refractivity contribution in [3.05, 3.63) is 124 Å². The molecule has 0 radical (unpaired) electrons. The van der Waals surface area contributed by atoms with Crippen molar-refractivity contribution < 1.29 is 28.2 Å². The molecule has 10 nitrogen and oxygen atoms in total. The number of ketones is 1. The highest BCUT2D eigenvalue weighted by Crippen LogP contribution is 2.48. The predicted molar refractivity (Wildman–Crippen MR) is 151 cm³/mol. The second kappa shape index (κ2) is 11.0. The number of halogens is 3. The number of carbonyl (C=O) groups is 2. The van der Waals surface area contributed by atoms with E-state index in [0.29, 0.717) is 21.8 Å². The van der Waals surface area contributed by atoms with Crippen molar-refractivity contribution in [1.82, 2.24) is 20.2 Å². The zero-order chi connectivity index (χ0) is 30.3. The lowest BCUT2D eigenvalue weighted by atomic mass is 9.99. The van der Waals surface area contributed by atoms with E-state index in [4.69, 9.17) is 11.6 Å². The average molecular weight is 603 g/mol. The summed E-state index contributed by atoms with van der Waals surface area (Å²) in [6.07, 6.45) is -1.89. The molecule has 3 unspecified atom stereocenters. The molecular weight excluding hydrogens is 582 g/mol. The van der Waals surface area contributed by atoms with E-state index in [-0.39, 0.29) is 27.1 Å². The molecule has 3 atom stereocenters. The Morgan fingerprint density at radius 3 is 2.56 bits per heavy atom. The lowest BCUT2D eigenvalue weighted by Crippen LogP contribution is -2.45. The molecule has 43 heavy (non-hydrogen) atoms. The van der Waals surface area contributed by atoms with Gasteiger partial charge in [-0.15, -0.1) is 5.10 Å². The highest BCUT2D eigenvalue weighted by molar-refractivity contribution is 6.31. The molecule has 3 aromatic carbocycles. The molecule has 1 aliphatic rings. The minimum Gasteiger partial charge on any atom is -0.618 e. The van der Waals surface area contributed by atoms with E-state index in [9.17, 15) is 19.9 Å². The molecule has 0 fully saturated rings. The van der Waals surface area contributed by atoms with Gasteiger partial charge in [0.1, 0.15) is 18.6 Å². The van der Waals surface area contributed by atoms with Gasteiger partial charge in [0.25, 0.3) is 11.6 Å². The first-order chi connectivity index (χ1) is 20.7. The monoisotopic (exact) mass is 602 g/mol. The summed E-state index contributed by atoms with van der Waals surface area (Å²) in [6.45, 7) is 0. The summed E-state index contributed by atoms with van der Waals surface area (Å²) in [4.78, 5) is 25.9. The van der Waals surface area contributed by atoms with Crippen LogP contribution in [0.3, 0.4) is 0 Å². The Hall–Kier alpha value is -5.07. The summed E-state index contributed by atoms with van der Waals surface area (Å²) in [7, 11) is 0. The van der Waals surface area contributed by atoms with Gasteiger partial charge in [-0.3, -0.25) is 9.59 Å². The second-order valence-corrected chi connectivity index (χ2v) is 10.4. The van der Waals surface area contributed by atoms with Crippen molar-refractivity contribution in [2.45, 2.75) is 24.4 Å². The van der Waals surface area contributed by atoms with Crippen LogP contribution in [0.2, 0.25) is 5.02 Å². The van der Waals surface area contributed by atoms with Gasteiger partial charge in [0.2, 0.25) is 5.69 Å². The van der Waals surface area contributed by atoms with Crippen LogP contribution in [0, 0.1) is 5.21 Å². The summed E-state index contributed by atoms with van der Waals surface area (Å²) in [6, 6.07) is 19.8. The molecule has 5 aromatic rings. The number of nitrogens with one attached hydrogen (secondary N) is 1. The number of rotatable bonds is 7. The summed E-state index contributed by atoms with van der Waals surface area (Å²) in [5.74, 6) is -1.81. The number of anilines is 1. The normalized spacial score (nSPS) is 18.2. The van der Waals surface area contributed by atoms with Crippen LogP contribution in [0.15, 0.2) is 91.4 Å². The quantitative estimate of drug-likeness (QED) is 0.156. The summed E-state index contributed by atoms with van der Waals surface area (Å²) in [5.41, 5.74) is -2.21. The molecule has 0 bridgehead atoms. The topological polar surface area (TPSA) is 137 Å². The number of aliphatic hydroxyl groups excluding tert-OH is 1. The van der Waals surface area contributed by atoms with E-state index in [2.05, 4.69) is 20.8 Å². The first kappa shape index (κ1) is 28.1. The third-order valence-electron chi connectivity index (χ3n) is 7.25. The number of hydrogen-bond donors (Lipinski definition) is 2. The average Bonchev–Trinajstić information content (AvgIpc) is 3.64. The van der Waals surface area contributed by atoms with Gasteiger partial charge in [-0.25, -0.2) is 8.78 Å². The Morgan fingerprint density at radius 2 is 1.86 bits per heavy atom. The molecule has 13 heteroatoms. The van der Waals surface area contributed by atoms with Crippen molar-refractivity contribution in [3.63, 3.8) is 0 Å². The van der Waals surface area contributed by atoms with Crippen molar-refractivity contribution >= 4 is 29.0 Å². The van der Waals surface area contributed by atoms with E-state index in [1.54, 1.807) is 42.5 Å². The molecule has 0 aliphatic heterocycles. The van der Waals surface area contributed by atoms with Crippen LogP contribution >= 0.6 is 11.6 Å².